The van der Waals surface area contributed by atoms with E-state index >= 15 is 0 Å². The molecule has 1 atom stereocenters. The lowest BCUT2D eigenvalue weighted by Gasteiger charge is -2.18. The minimum Gasteiger partial charge on any atom is -0.462 e. The lowest BCUT2D eigenvalue weighted by atomic mass is 10.1. The predicted molar refractivity (Wildman–Crippen MR) is 302 cm³/mol. The Labute approximate surface area is 429 Å². The molecule has 392 valence electrons. The number of carbonyl (C=O) groups excluding carboxylic acids is 3. The van der Waals surface area contributed by atoms with Crippen LogP contribution in [-0.2, 0) is 28.6 Å². The van der Waals surface area contributed by atoms with E-state index in [-0.39, 0.29) is 37.5 Å². The number of allylic oxidation sites excluding steroid dienone is 24. The normalized spacial score (nSPS) is 13.2. The Kier molecular flexibility index (Phi) is 53.0. The second-order valence-corrected chi connectivity index (χ2v) is 17.7. The van der Waals surface area contributed by atoms with Gasteiger partial charge in [0.1, 0.15) is 13.2 Å². The molecule has 0 N–H and O–H groups in total. The number of ether oxygens (including phenoxy) is 3. The van der Waals surface area contributed by atoms with Gasteiger partial charge in [-0.3, -0.25) is 14.4 Å². The van der Waals surface area contributed by atoms with Crippen LogP contribution < -0.4 is 0 Å². The first-order chi connectivity index (χ1) is 34.5. The molecule has 0 fully saturated rings. The van der Waals surface area contributed by atoms with Crippen LogP contribution in [0.1, 0.15) is 220 Å². The van der Waals surface area contributed by atoms with Crippen LogP contribution in [0, 0.1) is 0 Å². The van der Waals surface area contributed by atoms with Crippen molar-refractivity contribution in [3.63, 3.8) is 0 Å². The van der Waals surface area contributed by atoms with Gasteiger partial charge < -0.3 is 14.2 Å². The van der Waals surface area contributed by atoms with Crippen LogP contribution in [-0.4, -0.2) is 37.2 Å². The largest absolute Gasteiger partial charge is 0.462 e. The van der Waals surface area contributed by atoms with Crippen molar-refractivity contribution >= 4 is 17.9 Å². The highest BCUT2D eigenvalue weighted by Gasteiger charge is 2.19. The molecule has 0 bridgehead atoms. The van der Waals surface area contributed by atoms with Gasteiger partial charge in [0, 0.05) is 19.3 Å². The van der Waals surface area contributed by atoms with Gasteiger partial charge in [-0.25, -0.2) is 0 Å². The van der Waals surface area contributed by atoms with E-state index in [1.165, 1.54) is 38.5 Å². The molecule has 0 aromatic carbocycles. The van der Waals surface area contributed by atoms with E-state index in [4.69, 9.17) is 14.2 Å². The highest BCUT2D eigenvalue weighted by atomic mass is 16.6. The van der Waals surface area contributed by atoms with Crippen LogP contribution in [0.3, 0.4) is 0 Å². The molecule has 6 heteroatoms. The molecule has 0 radical (unpaired) electrons. The summed E-state index contributed by atoms with van der Waals surface area (Å²) in [4.78, 5) is 38.1. The van der Waals surface area contributed by atoms with Crippen LogP contribution in [0.4, 0.5) is 0 Å². The third kappa shape index (κ3) is 54.2. The first-order valence-corrected chi connectivity index (χ1v) is 27.8. The molecule has 0 aromatic rings. The van der Waals surface area contributed by atoms with Crippen molar-refractivity contribution in [1.82, 2.24) is 0 Å². The fraction of sp³-hybridized carbons (Fsp3) is 0.578. The standard InChI is InChI=1S/C64H100O6/c1-4-7-10-13-16-19-22-25-28-31-32-34-36-39-42-45-48-51-54-57-63(66)69-60-61(59-68-62(65)56-53-50-47-44-41-38-35-30-27-24-21-18-15-12-9-6-3)70-64(67)58-55-52-49-46-43-40-37-33-29-26-23-20-17-14-11-8-5-2/h7,9-10,12,16-21,25-30,32,34,37,39-40,42,46,49,61H,4-6,8,11,13-15,22-24,31,33,35-36,38,41,43-45,47-48,50-60H2,1-3H3/b10-7-,12-9-,19-16-,20-17-,21-18-,28-25-,29-26-,30-27-,34-32-,40-37-,42-39-,49-46-. The minimum atomic E-state index is -0.833. The van der Waals surface area contributed by atoms with Crippen LogP contribution in [0.25, 0.3) is 0 Å². The summed E-state index contributed by atoms with van der Waals surface area (Å²) in [5, 5.41) is 0. The summed E-state index contributed by atoms with van der Waals surface area (Å²) in [6, 6.07) is 0. The van der Waals surface area contributed by atoms with E-state index in [0.717, 1.165) is 135 Å². The molecule has 1 unspecified atom stereocenters. The Morgan fingerprint density at radius 2 is 0.571 bits per heavy atom. The molecular weight excluding hydrogens is 865 g/mol. The average molecular weight is 965 g/mol. The molecule has 0 aromatic heterocycles. The molecule has 0 heterocycles. The lowest BCUT2D eigenvalue weighted by molar-refractivity contribution is -0.167. The molecule has 6 nitrogen and oxygen atoms in total. The Morgan fingerprint density at radius 1 is 0.300 bits per heavy atom. The monoisotopic (exact) mass is 965 g/mol. The average Bonchev–Trinajstić information content (AvgIpc) is 3.36. The zero-order valence-electron chi connectivity index (χ0n) is 44.7. The third-order valence-corrected chi connectivity index (χ3v) is 11.1. The summed E-state index contributed by atoms with van der Waals surface area (Å²) in [6.07, 6.45) is 81.2. The Hall–Kier alpha value is -4.71. The maximum Gasteiger partial charge on any atom is 0.306 e. The topological polar surface area (TPSA) is 78.9 Å². The van der Waals surface area contributed by atoms with Gasteiger partial charge in [0.15, 0.2) is 6.10 Å². The van der Waals surface area contributed by atoms with Crippen LogP contribution in [0.2, 0.25) is 0 Å². The van der Waals surface area contributed by atoms with Crippen LogP contribution >= 0.6 is 0 Å². The lowest BCUT2D eigenvalue weighted by Crippen LogP contribution is -2.30. The number of rotatable bonds is 48. The molecule has 0 saturated carbocycles. The maximum absolute atomic E-state index is 12.8. The highest BCUT2D eigenvalue weighted by Crippen LogP contribution is 2.12. The van der Waals surface area contributed by atoms with Crippen LogP contribution in [0.5, 0.6) is 0 Å². The van der Waals surface area contributed by atoms with Gasteiger partial charge in [-0.1, -0.05) is 212 Å². The zero-order valence-corrected chi connectivity index (χ0v) is 44.7. The fourth-order valence-electron chi connectivity index (χ4n) is 6.94. The van der Waals surface area contributed by atoms with E-state index < -0.39 is 6.10 Å². The van der Waals surface area contributed by atoms with Crippen molar-refractivity contribution < 1.29 is 28.6 Å². The van der Waals surface area contributed by atoms with Gasteiger partial charge in [0.2, 0.25) is 0 Å². The zero-order chi connectivity index (χ0) is 50.7. The number of hydrogen-bond acceptors (Lipinski definition) is 6. The first kappa shape index (κ1) is 65.3. The molecule has 0 amide bonds. The van der Waals surface area contributed by atoms with Gasteiger partial charge in [-0.2, -0.15) is 0 Å². The number of hydrogen-bond donors (Lipinski definition) is 0. The van der Waals surface area contributed by atoms with Gasteiger partial charge >= 0.3 is 17.9 Å². The van der Waals surface area contributed by atoms with E-state index in [1.807, 2.05) is 0 Å². The van der Waals surface area contributed by atoms with Crippen molar-refractivity contribution in [2.45, 2.75) is 226 Å². The summed E-state index contributed by atoms with van der Waals surface area (Å²) in [5.41, 5.74) is 0. The Bertz CT molecular complexity index is 1580. The second-order valence-electron chi connectivity index (χ2n) is 17.7. The van der Waals surface area contributed by atoms with Crippen molar-refractivity contribution in [3.8, 4) is 0 Å². The van der Waals surface area contributed by atoms with Crippen molar-refractivity contribution in [2.75, 3.05) is 13.2 Å². The van der Waals surface area contributed by atoms with E-state index in [9.17, 15) is 14.4 Å². The third-order valence-electron chi connectivity index (χ3n) is 11.1. The van der Waals surface area contributed by atoms with E-state index in [1.54, 1.807) is 0 Å². The second kappa shape index (κ2) is 56.9. The van der Waals surface area contributed by atoms with E-state index in [2.05, 4.69) is 167 Å². The summed E-state index contributed by atoms with van der Waals surface area (Å²) in [6.45, 7) is 6.28. The molecule has 0 saturated heterocycles. The number of esters is 3. The van der Waals surface area contributed by atoms with Gasteiger partial charge in [-0.15, -0.1) is 0 Å². The quantitative estimate of drug-likeness (QED) is 0.0262. The maximum atomic E-state index is 12.8. The summed E-state index contributed by atoms with van der Waals surface area (Å²) in [5.74, 6) is -1.03. The van der Waals surface area contributed by atoms with E-state index in [0.29, 0.717) is 19.3 Å². The predicted octanol–water partition coefficient (Wildman–Crippen LogP) is 18.8. The highest BCUT2D eigenvalue weighted by molar-refractivity contribution is 5.71. The number of unbranched alkanes of at least 4 members (excludes halogenated alkanes) is 13. The molecule has 0 aliphatic rings. The van der Waals surface area contributed by atoms with Gasteiger partial charge in [0.25, 0.3) is 0 Å². The number of carbonyl (C=O) groups is 3. The summed E-state index contributed by atoms with van der Waals surface area (Å²) in [7, 11) is 0. The molecule has 70 heavy (non-hydrogen) atoms. The molecule has 0 aliphatic carbocycles. The SMILES string of the molecule is CC/C=C\C/C=C\C/C=C\C/C=C\C/C=C\CCCCCC(=O)OCC(COC(=O)CCCCCCCC/C=C\C/C=C\C/C=C\CC)OC(=O)CCC/C=C\C/C=C\C/C=C\C/C=C\CCCCC. The van der Waals surface area contributed by atoms with Gasteiger partial charge in [-0.05, 0) is 135 Å². The summed E-state index contributed by atoms with van der Waals surface area (Å²) >= 11 is 0. The van der Waals surface area contributed by atoms with Crippen LogP contribution in [0.15, 0.2) is 146 Å². The molecule has 0 rings (SSSR count). The Morgan fingerprint density at radius 3 is 0.929 bits per heavy atom. The molecule has 0 spiro atoms. The smallest absolute Gasteiger partial charge is 0.306 e. The summed E-state index contributed by atoms with van der Waals surface area (Å²) < 4.78 is 16.8. The van der Waals surface area contributed by atoms with Gasteiger partial charge in [0.05, 0.1) is 0 Å². The fourth-order valence-corrected chi connectivity index (χ4v) is 6.94. The van der Waals surface area contributed by atoms with Crippen molar-refractivity contribution in [1.29, 1.82) is 0 Å². The Balaban J connectivity index is 4.59. The van der Waals surface area contributed by atoms with Crippen molar-refractivity contribution in [2.24, 2.45) is 0 Å². The minimum absolute atomic E-state index is 0.124. The molecule has 0 aliphatic heterocycles. The molecular formula is C64H100O6. The first-order valence-electron chi connectivity index (χ1n) is 27.8. The van der Waals surface area contributed by atoms with Crippen molar-refractivity contribution in [3.05, 3.63) is 146 Å².